The number of halogens is 2. The topological polar surface area (TPSA) is 46.3 Å². The number of benzene rings is 1. The van der Waals surface area contributed by atoms with Crippen LogP contribution in [0.25, 0.3) is 0 Å². The van der Waals surface area contributed by atoms with Crippen LogP contribution in [-0.2, 0) is 4.79 Å². The highest BCUT2D eigenvalue weighted by atomic mass is 35.5. The van der Waals surface area contributed by atoms with E-state index < -0.39 is 6.04 Å². The van der Waals surface area contributed by atoms with Crippen molar-refractivity contribution in [2.75, 3.05) is 7.05 Å². The van der Waals surface area contributed by atoms with Gasteiger partial charge in [0.2, 0.25) is 5.91 Å². The normalized spacial score (nSPS) is 14.0. The summed E-state index contributed by atoms with van der Waals surface area (Å²) >= 11 is 12.0. The molecular formula is C14H20Cl2N2O. The number of likely N-dealkylation sites (N-methyl/N-ethyl adjacent to an activating group) is 1. The minimum atomic E-state index is -0.455. The van der Waals surface area contributed by atoms with E-state index in [1.54, 1.807) is 24.1 Å². The van der Waals surface area contributed by atoms with Crippen molar-refractivity contribution in [2.45, 2.75) is 38.8 Å². The molecule has 1 unspecified atom stereocenters. The Morgan fingerprint density at radius 2 is 2.05 bits per heavy atom. The molecule has 0 fully saturated rings. The molecule has 106 valence electrons. The minimum absolute atomic E-state index is 0.0691. The van der Waals surface area contributed by atoms with Crippen LogP contribution in [0.15, 0.2) is 18.2 Å². The summed E-state index contributed by atoms with van der Waals surface area (Å²) in [4.78, 5) is 13.8. The number of amides is 1. The lowest BCUT2D eigenvalue weighted by Gasteiger charge is -2.28. The van der Waals surface area contributed by atoms with E-state index in [2.05, 4.69) is 0 Å². The van der Waals surface area contributed by atoms with Crippen molar-refractivity contribution in [1.82, 2.24) is 4.90 Å². The molecule has 19 heavy (non-hydrogen) atoms. The van der Waals surface area contributed by atoms with Crippen LogP contribution in [0.4, 0.5) is 0 Å². The molecule has 1 aromatic rings. The highest BCUT2D eigenvalue weighted by Gasteiger charge is 2.23. The summed E-state index contributed by atoms with van der Waals surface area (Å²) in [5.74, 6) is -0.0691. The van der Waals surface area contributed by atoms with Crippen molar-refractivity contribution in [1.29, 1.82) is 0 Å². The minimum Gasteiger partial charge on any atom is -0.338 e. The van der Waals surface area contributed by atoms with Gasteiger partial charge < -0.3 is 10.6 Å². The Hall–Kier alpha value is -0.770. The third kappa shape index (κ3) is 4.10. The zero-order valence-electron chi connectivity index (χ0n) is 11.5. The van der Waals surface area contributed by atoms with E-state index in [1.165, 1.54) is 0 Å². The number of nitrogens with zero attached hydrogens (tertiary/aromatic N) is 1. The van der Waals surface area contributed by atoms with Gasteiger partial charge in [-0.05, 0) is 31.0 Å². The maximum atomic E-state index is 12.2. The molecule has 0 aliphatic carbocycles. The van der Waals surface area contributed by atoms with Crippen LogP contribution in [0, 0.1) is 0 Å². The average Bonchev–Trinajstić information content (AvgIpc) is 2.36. The second-order valence-electron chi connectivity index (χ2n) is 4.69. The second kappa shape index (κ2) is 7.13. The van der Waals surface area contributed by atoms with Crippen molar-refractivity contribution >= 4 is 29.1 Å². The van der Waals surface area contributed by atoms with Crippen LogP contribution in [0.1, 0.15) is 38.3 Å². The van der Waals surface area contributed by atoms with Crippen molar-refractivity contribution < 1.29 is 4.79 Å². The lowest BCUT2D eigenvalue weighted by molar-refractivity contribution is -0.133. The largest absolute Gasteiger partial charge is 0.338 e. The number of nitrogens with two attached hydrogens (primary N) is 1. The zero-order chi connectivity index (χ0) is 14.6. The third-order valence-electron chi connectivity index (χ3n) is 3.26. The SMILES string of the molecule is CCC[C@@H](N)C(=O)N(C)C(C)c1ccc(Cl)cc1Cl. The Balaban J connectivity index is 2.87. The fourth-order valence-electron chi connectivity index (χ4n) is 1.94. The van der Waals surface area contributed by atoms with Gasteiger partial charge in [-0.2, -0.15) is 0 Å². The van der Waals surface area contributed by atoms with Crippen LogP contribution in [-0.4, -0.2) is 23.9 Å². The van der Waals surface area contributed by atoms with E-state index >= 15 is 0 Å². The standard InChI is InChI=1S/C14H20Cl2N2O/c1-4-5-13(17)14(19)18(3)9(2)11-7-6-10(15)8-12(11)16/h6-9,13H,4-5,17H2,1-3H3/t9?,13-/m1/s1. The second-order valence-corrected chi connectivity index (χ2v) is 5.53. The molecule has 0 radical (unpaired) electrons. The maximum absolute atomic E-state index is 12.2. The van der Waals surface area contributed by atoms with Crippen LogP contribution in [0.5, 0.6) is 0 Å². The molecule has 1 aromatic carbocycles. The molecule has 0 saturated heterocycles. The fourth-order valence-corrected chi connectivity index (χ4v) is 2.50. The van der Waals surface area contributed by atoms with E-state index in [-0.39, 0.29) is 11.9 Å². The number of carbonyl (C=O) groups is 1. The third-order valence-corrected chi connectivity index (χ3v) is 3.82. The van der Waals surface area contributed by atoms with Gasteiger partial charge in [-0.1, -0.05) is 42.6 Å². The van der Waals surface area contributed by atoms with E-state index in [0.29, 0.717) is 16.5 Å². The lowest BCUT2D eigenvalue weighted by Crippen LogP contribution is -2.42. The molecule has 1 rings (SSSR count). The monoisotopic (exact) mass is 302 g/mol. The van der Waals surface area contributed by atoms with Crippen LogP contribution in [0.2, 0.25) is 10.0 Å². The molecule has 2 N–H and O–H groups in total. The molecule has 0 bridgehead atoms. The Morgan fingerprint density at radius 1 is 1.42 bits per heavy atom. The van der Waals surface area contributed by atoms with Gasteiger partial charge >= 0.3 is 0 Å². The number of hydrogen-bond acceptors (Lipinski definition) is 2. The lowest BCUT2D eigenvalue weighted by atomic mass is 10.1. The van der Waals surface area contributed by atoms with Crippen molar-refractivity contribution in [3.63, 3.8) is 0 Å². The van der Waals surface area contributed by atoms with Crippen molar-refractivity contribution in [3.8, 4) is 0 Å². The van der Waals surface area contributed by atoms with Gasteiger partial charge in [-0.25, -0.2) is 0 Å². The van der Waals surface area contributed by atoms with Crippen molar-refractivity contribution in [2.24, 2.45) is 5.73 Å². The molecule has 2 atom stereocenters. The molecule has 0 spiro atoms. The fraction of sp³-hybridized carbons (Fsp3) is 0.500. The Morgan fingerprint density at radius 3 is 2.58 bits per heavy atom. The molecule has 3 nitrogen and oxygen atoms in total. The number of rotatable bonds is 5. The first-order valence-corrected chi connectivity index (χ1v) is 7.11. The summed E-state index contributed by atoms with van der Waals surface area (Å²) in [6, 6.07) is 4.69. The molecule has 0 aliphatic heterocycles. The molecule has 0 heterocycles. The van der Waals surface area contributed by atoms with E-state index in [4.69, 9.17) is 28.9 Å². The van der Waals surface area contributed by atoms with Gasteiger partial charge in [0.1, 0.15) is 0 Å². The molecule has 0 aromatic heterocycles. The summed E-state index contributed by atoms with van der Waals surface area (Å²) in [5.41, 5.74) is 6.73. The van der Waals surface area contributed by atoms with Gasteiger partial charge in [-0.3, -0.25) is 4.79 Å². The van der Waals surface area contributed by atoms with Crippen LogP contribution >= 0.6 is 23.2 Å². The van der Waals surface area contributed by atoms with Crippen LogP contribution < -0.4 is 5.73 Å². The first-order valence-electron chi connectivity index (χ1n) is 6.35. The van der Waals surface area contributed by atoms with E-state index in [9.17, 15) is 4.79 Å². The molecule has 5 heteroatoms. The number of carbonyl (C=O) groups excluding carboxylic acids is 1. The summed E-state index contributed by atoms with van der Waals surface area (Å²) in [7, 11) is 1.74. The summed E-state index contributed by atoms with van der Waals surface area (Å²) in [6.45, 7) is 3.93. The maximum Gasteiger partial charge on any atom is 0.239 e. The smallest absolute Gasteiger partial charge is 0.239 e. The number of hydrogen-bond donors (Lipinski definition) is 1. The quantitative estimate of drug-likeness (QED) is 0.902. The van der Waals surface area contributed by atoms with Gasteiger partial charge in [0.15, 0.2) is 0 Å². The Bertz CT molecular complexity index is 451. The summed E-state index contributed by atoms with van der Waals surface area (Å²) < 4.78 is 0. The Labute approximate surface area is 124 Å². The first-order chi connectivity index (χ1) is 8.88. The summed E-state index contributed by atoms with van der Waals surface area (Å²) in [5, 5.41) is 1.14. The van der Waals surface area contributed by atoms with Crippen LogP contribution in [0.3, 0.4) is 0 Å². The highest BCUT2D eigenvalue weighted by molar-refractivity contribution is 6.35. The van der Waals surface area contributed by atoms with Gasteiger partial charge in [0.25, 0.3) is 0 Å². The van der Waals surface area contributed by atoms with Gasteiger partial charge in [0.05, 0.1) is 12.1 Å². The van der Waals surface area contributed by atoms with Crippen molar-refractivity contribution in [3.05, 3.63) is 33.8 Å². The molecule has 0 aliphatic rings. The molecule has 1 amide bonds. The molecular weight excluding hydrogens is 283 g/mol. The molecule has 0 saturated carbocycles. The average molecular weight is 303 g/mol. The predicted octanol–water partition coefficient (Wildman–Crippen LogP) is 3.64. The highest BCUT2D eigenvalue weighted by Crippen LogP contribution is 2.29. The first kappa shape index (κ1) is 16.3. The Kier molecular flexibility index (Phi) is 6.11. The van der Waals surface area contributed by atoms with E-state index in [0.717, 1.165) is 12.0 Å². The van der Waals surface area contributed by atoms with Gasteiger partial charge in [-0.15, -0.1) is 0 Å². The van der Waals surface area contributed by atoms with Gasteiger partial charge in [0, 0.05) is 17.1 Å². The predicted molar refractivity (Wildman–Crippen MR) is 80.5 cm³/mol. The van der Waals surface area contributed by atoms with E-state index in [1.807, 2.05) is 19.9 Å². The summed E-state index contributed by atoms with van der Waals surface area (Å²) in [6.07, 6.45) is 1.57. The zero-order valence-corrected chi connectivity index (χ0v) is 13.0.